The molecule has 6 nitrogen and oxygen atoms in total. The minimum Gasteiger partial charge on any atom is -0.311 e. The van der Waals surface area contributed by atoms with Crippen LogP contribution in [0, 0.1) is 0 Å². The Morgan fingerprint density at radius 2 is 1.69 bits per heavy atom. The number of anilines is 1. The summed E-state index contributed by atoms with van der Waals surface area (Å²) in [6.45, 7) is 0.723. The fraction of sp³-hybridized carbons (Fsp3) is 0.120. The van der Waals surface area contributed by atoms with Crippen molar-refractivity contribution in [2.45, 2.75) is 11.6 Å². The van der Waals surface area contributed by atoms with Crippen LogP contribution >= 0.6 is 11.8 Å². The molecule has 0 radical (unpaired) electrons. The molecule has 0 bridgehead atoms. The first kappa shape index (κ1) is 19.0. The third kappa shape index (κ3) is 3.13. The van der Waals surface area contributed by atoms with Gasteiger partial charge in [0.05, 0.1) is 11.3 Å². The van der Waals surface area contributed by atoms with Crippen molar-refractivity contribution in [3.05, 3.63) is 84.4 Å². The van der Waals surface area contributed by atoms with Gasteiger partial charge < -0.3 is 4.90 Å². The second-order valence-electron chi connectivity index (χ2n) is 7.67. The van der Waals surface area contributed by atoms with Gasteiger partial charge in [0.15, 0.2) is 10.8 Å². The number of amides is 1. The zero-order valence-corrected chi connectivity index (χ0v) is 18.0. The molecule has 6 rings (SSSR count). The second kappa shape index (κ2) is 7.76. The maximum atomic E-state index is 13.0. The second-order valence-corrected chi connectivity index (χ2v) is 8.62. The van der Waals surface area contributed by atoms with Crippen LogP contribution < -0.4 is 4.90 Å². The van der Waals surface area contributed by atoms with Crippen LogP contribution in [-0.4, -0.2) is 37.8 Å². The Balaban J connectivity index is 1.38. The molecular weight excluding hydrogens is 418 g/mol. The maximum absolute atomic E-state index is 13.0. The van der Waals surface area contributed by atoms with Crippen LogP contribution in [0.2, 0.25) is 0 Å². The largest absolute Gasteiger partial charge is 0.311 e. The molecule has 0 saturated heterocycles. The zero-order chi connectivity index (χ0) is 21.5. The molecule has 0 atom stereocenters. The molecule has 0 spiro atoms. The minimum absolute atomic E-state index is 0.0757. The number of carbonyl (C=O) groups is 1. The number of rotatable bonds is 4. The van der Waals surface area contributed by atoms with E-state index in [1.165, 1.54) is 17.3 Å². The van der Waals surface area contributed by atoms with E-state index in [2.05, 4.69) is 16.3 Å². The topological polar surface area (TPSA) is 63.4 Å². The molecule has 32 heavy (non-hydrogen) atoms. The van der Waals surface area contributed by atoms with Gasteiger partial charge in [-0.2, -0.15) is 0 Å². The third-order valence-electron chi connectivity index (χ3n) is 5.76. The van der Waals surface area contributed by atoms with E-state index in [1.54, 1.807) is 0 Å². The Bertz CT molecular complexity index is 1460. The van der Waals surface area contributed by atoms with Crippen LogP contribution in [-0.2, 0) is 11.2 Å². The number of fused-ring (bicyclic) bond motifs is 4. The first-order valence-corrected chi connectivity index (χ1v) is 11.5. The van der Waals surface area contributed by atoms with Crippen molar-refractivity contribution in [1.82, 2.24) is 19.6 Å². The molecule has 3 aromatic carbocycles. The van der Waals surface area contributed by atoms with E-state index in [9.17, 15) is 4.79 Å². The van der Waals surface area contributed by atoms with Gasteiger partial charge in [0.25, 0.3) is 0 Å². The van der Waals surface area contributed by atoms with Crippen LogP contribution in [0.3, 0.4) is 0 Å². The van der Waals surface area contributed by atoms with Crippen molar-refractivity contribution in [2.24, 2.45) is 0 Å². The lowest BCUT2D eigenvalue weighted by Gasteiger charge is -2.16. The molecule has 1 aliphatic heterocycles. The van der Waals surface area contributed by atoms with Crippen LogP contribution in [0.5, 0.6) is 0 Å². The van der Waals surface area contributed by atoms with Gasteiger partial charge in [-0.1, -0.05) is 72.4 Å². The van der Waals surface area contributed by atoms with Crippen molar-refractivity contribution in [3.8, 4) is 11.4 Å². The lowest BCUT2D eigenvalue weighted by atomic mass is 10.2. The summed E-state index contributed by atoms with van der Waals surface area (Å²) in [6, 6.07) is 26.0. The van der Waals surface area contributed by atoms with Gasteiger partial charge in [0.2, 0.25) is 5.91 Å². The molecule has 3 heterocycles. The Morgan fingerprint density at radius 1 is 0.906 bits per heavy atom. The predicted molar refractivity (Wildman–Crippen MR) is 127 cm³/mol. The molecule has 156 valence electrons. The quantitative estimate of drug-likeness (QED) is 0.384. The number of para-hydroxylation sites is 2. The summed E-state index contributed by atoms with van der Waals surface area (Å²) in [7, 11) is 0. The summed E-state index contributed by atoms with van der Waals surface area (Å²) >= 11 is 1.40. The zero-order valence-electron chi connectivity index (χ0n) is 17.2. The van der Waals surface area contributed by atoms with Gasteiger partial charge in [0.1, 0.15) is 5.82 Å². The van der Waals surface area contributed by atoms with E-state index in [-0.39, 0.29) is 11.7 Å². The SMILES string of the molecule is O=C(CSc1nnc2c3ccccc3nc(-c3ccccc3)n12)N1CCc2ccccc21. The highest BCUT2D eigenvalue weighted by Crippen LogP contribution is 2.31. The smallest absolute Gasteiger partial charge is 0.237 e. The van der Waals surface area contributed by atoms with Gasteiger partial charge in [-0.15, -0.1) is 10.2 Å². The van der Waals surface area contributed by atoms with Crippen molar-refractivity contribution in [1.29, 1.82) is 0 Å². The number of thioether (sulfide) groups is 1. The van der Waals surface area contributed by atoms with Gasteiger partial charge in [-0.25, -0.2) is 4.98 Å². The Kier molecular flexibility index (Phi) is 4.61. The van der Waals surface area contributed by atoms with Crippen molar-refractivity contribution < 1.29 is 4.79 Å². The minimum atomic E-state index is 0.0757. The van der Waals surface area contributed by atoms with Crippen LogP contribution in [0.1, 0.15) is 5.56 Å². The molecule has 0 aliphatic carbocycles. The molecule has 1 aliphatic rings. The highest BCUT2D eigenvalue weighted by molar-refractivity contribution is 7.99. The fourth-order valence-electron chi connectivity index (χ4n) is 4.24. The number of nitrogens with zero attached hydrogens (tertiary/aromatic N) is 5. The summed E-state index contributed by atoms with van der Waals surface area (Å²) < 4.78 is 1.97. The number of aromatic nitrogens is 4. The molecule has 0 N–H and O–H groups in total. The van der Waals surface area contributed by atoms with E-state index in [1.807, 2.05) is 82.1 Å². The van der Waals surface area contributed by atoms with E-state index < -0.39 is 0 Å². The van der Waals surface area contributed by atoms with Crippen LogP contribution in [0.4, 0.5) is 5.69 Å². The lowest BCUT2D eigenvalue weighted by Crippen LogP contribution is -2.30. The molecule has 7 heteroatoms. The molecule has 1 amide bonds. The van der Waals surface area contributed by atoms with E-state index in [4.69, 9.17) is 4.98 Å². The molecular formula is C25H19N5OS. The van der Waals surface area contributed by atoms with Gasteiger partial charge >= 0.3 is 0 Å². The van der Waals surface area contributed by atoms with Crippen molar-refractivity contribution in [3.63, 3.8) is 0 Å². The first-order chi connectivity index (χ1) is 15.8. The summed E-state index contributed by atoms with van der Waals surface area (Å²) in [5, 5.41) is 10.5. The van der Waals surface area contributed by atoms with Gasteiger partial charge in [-0.05, 0) is 30.2 Å². The lowest BCUT2D eigenvalue weighted by molar-refractivity contribution is -0.116. The average Bonchev–Trinajstić information content (AvgIpc) is 3.47. The summed E-state index contributed by atoms with van der Waals surface area (Å²) in [6.07, 6.45) is 0.897. The summed E-state index contributed by atoms with van der Waals surface area (Å²) in [5.41, 5.74) is 4.83. The molecule has 0 saturated carbocycles. The van der Waals surface area contributed by atoms with Gasteiger partial charge in [0, 0.05) is 23.2 Å². The number of carbonyl (C=O) groups excluding carboxylic acids is 1. The van der Waals surface area contributed by atoms with Crippen molar-refractivity contribution in [2.75, 3.05) is 17.2 Å². The van der Waals surface area contributed by atoms with Gasteiger partial charge in [-0.3, -0.25) is 9.20 Å². The monoisotopic (exact) mass is 437 g/mol. The average molecular weight is 438 g/mol. The normalized spacial score (nSPS) is 13.1. The Hall–Kier alpha value is -3.71. The number of benzene rings is 3. The highest BCUT2D eigenvalue weighted by atomic mass is 32.2. The summed E-state index contributed by atoms with van der Waals surface area (Å²) in [4.78, 5) is 19.8. The van der Waals surface area contributed by atoms with E-state index in [0.29, 0.717) is 5.16 Å². The Labute approximate surface area is 188 Å². The predicted octanol–water partition coefficient (Wildman–Crippen LogP) is 4.63. The molecule has 5 aromatic rings. The van der Waals surface area contributed by atoms with Crippen molar-refractivity contribution >= 4 is 39.9 Å². The fourth-order valence-corrected chi connectivity index (χ4v) is 5.04. The number of hydrogen-bond donors (Lipinski definition) is 0. The van der Waals surface area contributed by atoms with E-state index in [0.717, 1.165) is 46.6 Å². The molecule has 0 fully saturated rings. The third-order valence-corrected chi connectivity index (χ3v) is 6.68. The van der Waals surface area contributed by atoms with E-state index >= 15 is 0 Å². The van der Waals surface area contributed by atoms with Crippen LogP contribution in [0.25, 0.3) is 27.9 Å². The van der Waals surface area contributed by atoms with Crippen LogP contribution in [0.15, 0.2) is 84.0 Å². The molecule has 2 aromatic heterocycles. The number of hydrogen-bond acceptors (Lipinski definition) is 5. The highest BCUT2D eigenvalue weighted by Gasteiger charge is 2.25. The standard InChI is InChI=1S/C25H19N5OS/c31-22(29-15-14-17-8-4-7-13-21(17)29)16-32-25-28-27-24-19-11-5-6-12-20(19)26-23(30(24)25)18-9-2-1-3-10-18/h1-13H,14-16H2. The Morgan fingerprint density at radius 3 is 2.59 bits per heavy atom. The molecule has 0 unspecified atom stereocenters. The maximum Gasteiger partial charge on any atom is 0.237 e. The first-order valence-electron chi connectivity index (χ1n) is 10.5. The summed E-state index contributed by atoms with van der Waals surface area (Å²) in [5.74, 6) is 1.13.